The van der Waals surface area contributed by atoms with E-state index in [4.69, 9.17) is 0 Å². The first kappa shape index (κ1) is 11.3. The normalized spacial score (nSPS) is 20.7. The van der Waals surface area contributed by atoms with Crippen LogP contribution in [0.15, 0.2) is 22.7 Å². The molecule has 0 spiro atoms. The van der Waals surface area contributed by atoms with Gasteiger partial charge in [0.1, 0.15) is 5.75 Å². The Hall–Kier alpha value is -0.190. The van der Waals surface area contributed by atoms with Crippen LogP contribution in [0.5, 0.6) is 5.75 Å². The average Bonchev–Trinajstić information content (AvgIpc) is 2.72. The van der Waals surface area contributed by atoms with Crippen LogP contribution >= 0.6 is 27.7 Å². The number of thioether (sulfide) groups is 1. The Bertz CT molecular complexity index is 339. The summed E-state index contributed by atoms with van der Waals surface area (Å²) < 4.78 is 1.01. The van der Waals surface area contributed by atoms with E-state index in [1.807, 2.05) is 23.9 Å². The van der Waals surface area contributed by atoms with Crippen LogP contribution in [-0.4, -0.2) is 22.7 Å². The zero-order valence-electron chi connectivity index (χ0n) is 8.37. The third-order valence-corrected chi connectivity index (χ3v) is 4.21. The SMILES string of the molecule is Oc1ccc(Br)cc1CNC1CCSC1. The number of benzene rings is 1. The molecule has 2 N–H and O–H groups in total. The number of rotatable bonds is 3. The molecular formula is C11H14BrNOS. The van der Waals surface area contributed by atoms with Crippen molar-refractivity contribution in [2.75, 3.05) is 11.5 Å². The van der Waals surface area contributed by atoms with Gasteiger partial charge in [-0.2, -0.15) is 11.8 Å². The smallest absolute Gasteiger partial charge is 0.120 e. The third kappa shape index (κ3) is 3.13. The Labute approximate surface area is 103 Å². The van der Waals surface area contributed by atoms with E-state index in [1.165, 1.54) is 17.9 Å². The van der Waals surface area contributed by atoms with Gasteiger partial charge < -0.3 is 10.4 Å². The molecule has 0 aliphatic carbocycles. The third-order valence-electron chi connectivity index (χ3n) is 2.55. The predicted octanol–water partition coefficient (Wildman–Crippen LogP) is 2.75. The second kappa shape index (κ2) is 5.23. The van der Waals surface area contributed by atoms with Gasteiger partial charge in [0.15, 0.2) is 0 Å². The van der Waals surface area contributed by atoms with Crippen LogP contribution < -0.4 is 5.32 Å². The van der Waals surface area contributed by atoms with E-state index in [0.717, 1.165) is 16.6 Å². The minimum absolute atomic E-state index is 0.372. The van der Waals surface area contributed by atoms with Gasteiger partial charge in [-0.25, -0.2) is 0 Å². The van der Waals surface area contributed by atoms with E-state index >= 15 is 0 Å². The van der Waals surface area contributed by atoms with Crippen molar-refractivity contribution in [3.8, 4) is 5.75 Å². The van der Waals surface area contributed by atoms with Crippen LogP contribution in [-0.2, 0) is 6.54 Å². The molecule has 0 amide bonds. The molecule has 4 heteroatoms. The maximum Gasteiger partial charge on any atom is 0.120 e. The molecule has 1 aromatic rings. The monoisotopic (exact) mass is 287 g/mol. The molecule has 1 atom stereocenters. The summed E-state index contributed by atoms with van der Waals surface area (Å²) in [4.78, 5) is 0. The number of hydrogen-bond donors (Lipinski definition) is 2. The van der Waals surface area contributed by atoms with E-state index in [1.54, 1.807) is 6.07 Å². The Morgan fingerprint density at radius 1 is 1.53 bits per heavy atom. The number of phenols is 1. The minimum Gasteiger partial charge on any atom is -0.508 e. The quantitative estimate of drug-likeness (QED) is 0.897. The van der Waals surface area contributed by atoms with Gasteiger partial charge in [-0.15, -0.1) is 0 Å². The Morgan fingerprint density at radius 2 is 2.40 bits per heavy atom. The van der Waals surface area contributed by atoms with Gasteiger partial charge in [0, 0.05) is 28.4 Å². The fourth-order valence-corrected chi connectivity index (χ4v) is 3.24. The first-order valence-electron chi connectivity index (χ1n) is 5.04. The second-order valence-corrected chi connectivity index (χ2v) is 5.78. The maximum atomic E-state index is 9.64. The van der Waals surface area contributed by atoms with Crippen LogP contribution in [0.25, 0.3) is 0 Å². The van der Waals surface area contributed by atoms with Gasteiger partial charge >= 0.3 is 0 Å². The van der Waals surface area contributed by atoms with Gasteiger partial charge in [0.05, 0.1) is 0 Å². The van der Waals surface area contributed by atoms with Crippen molar-refractivity contribution in [3.05, 3.63) is 28.2 Å². The first-order valence-corrected chi connectivity index (χ1v) is 6.99. The molecular weight excluding hydrogens is 274 g/mol. The molecule has 0 saturated carbocycles. The Kier molecular flexibility index (Phi) is 3.94. The molecule has 1 aromatic carbocycles. The number of nitrogens with one attached hydrogen (secondary N) is 1. The Morgan fingerprint density at radius 3 is 3.13 bits per heavy atom. The van der Waals surface area contributed by atoms with Crippen LogP contribution in [0.3, 0.4) is 0 Å². The summed E-state index contributed by atoms with van der Waals surface area (Å²) in [6.07, 6.45) is 1.24. The fourth-order valence-electron chi connectivity index (χ4n) is 1.65. The molecule has 1 aliphatic heterocycles. The molecule has 0 aromatic heterocycles. The van der Waals surface area contributed by atoms with Crippen LogP contribution in [0.4, 0.5) is 0 Å². The zero-order chi connectivity index (χ0) is 10.7. The largest absolute Gasteiger partial charge is 0.508 e. The lowest BCUT2D eigenvalue weighted by Crippen LogP contribution is -2.27. The van der Waals surface area contributed by atoms with E-state index in [-0.39, 0.29) is 0 Å². The fraction of sp³-hybridized carbons (Fsp3) is 0.455. The van der Waals surface area contributed by atoms with Crippen molar-refractivity contribution in [3.63, 3.8) is 0 Å². The summed E-state index contributed by atoms with van der Waals surface area (Å²) in [5.74, 6) is 2.81. The van der Waals surface area contributed by atoms with Gasteiger partial charge in [-0.3, -0.25) is 0 Å². The number of aromatic hydroxyl groups is 1. The molecule has 2 rings (SSSR count). The summed E-state index contributed by atoms with van der Waals surface area (Å²) in [5.41, 5.74) is 0.960. The lowest BCUT2D eigenvalue weighted by Gasteiger charge is -2.12. The first-order chi connectivity index (χ1) is 7.25. The van der Waals surface area contributed by atoms with E-state index in [9.17, 15) is 5.11 Å². The summed E-state index contributed by atoms with van der Waals surface area (Å²) in [5, 5.41) is 13.1. The highest BCUT2D eigenvalue weighted by molar-refractivity contribution is 9.10. The zero-order valence-corrected chi connectivity index (χ0v) is 10.8. The van der Waals surface area contributed by atoms with Gasteiger partial charge in [0.25, 0.3) is 0 Å². The molecule has 0 bridgehead atoms. The molecule has 15 heavy (non-hydrogen) atoms. The van der Waals surface area contributed by atoms with Crippen LogP contribution in [0.2, 0.25) is 0 Å². The molecule has 1 aliphatic rings. The standard InChI is InChI=1S/C11H14BrNOS/c12-9-1-2-11(14)8(5-9)6-13-10-3-4-15-7-10/h1-2,5,10,13-14H,3-4,6-7H2. The second-order valence-electron chi connectivity index (χ2n) is 3.71. The van der Waals surface area contributed by atoms with E-state index in [0.29, 0.717) is 11.8 Å². The van der Waals surface area contributed by atoms with Crippen molar-refractivity contribution in [1.82, 2.24) is 5.32 Å². The highest BCUT2D eigenvalue weighted by atomic mass is 79.9. The summed E-state index contributed by atoms with van der Waals surface area (Å²) >= 11 is 5.40. The van der Waals surface area contributed by atoms with Gasteiger partial charge in [-0.1, -0.05) is 15.9 Å². The highest BCUT2D eigenvalue weighted by Crippen LogP contribution is 2.23. The Balaban J connectivity index is 1.94. The van der Waals surface area contributed by atoms with Crippen molar-refractivity contribution in [2.45, 2.75) is 19.0 Å². The van der Waals surface area contributed by atoms with Gasteiger partial charge in [-0.05, 0) is 30.4 Å². The molecule has 82 valence electrons. The summed E-state index contributed by atoms with van der Waals surface area (Å²) in [6, 6.07) is 6.15. The van der Waals surface area contributed by atoms with Crippen molar-refractivity contribution in [2.24, 2.45) is 0 Å². The van der Waals surface area contributed by atoms with Gasteiger partial charge in [0.2, 0.25) is 0 Å². The van der Waals surface area contributed by atoms with E-state index < -0.39 is 0 Å². The van der Waals surface area contributed by atoms with E-state index in [2.05, 4.69) is 21.2 Å². The molecule has 1 saturated heterocycles. The predicted molar refractivity (Wildman–Crippen MR) is 68.4 cm³/mol. The average molecular weight is 288 g/mol. The van der Waals surface area contributed by atoms with Crippen molar-refractivity contribution in [1.29, 1.82) is 0 Å². The van der Waals surface area contributed by atoms with Crippen LogP contribution in [0.1, 0.15) is 12.0 Å². The lowest BCUT2D eigenvalue weighted by molar-refractivity contribution is 0.459. The topological polar surface area (TPSA) is 32.3 Å². The molecule has 1 heterocycles. The number of phenolic OH excluding ortho intramolecular Hbond substituents is 1. The van der Waals surface area contributed by atoms with Crippen LogP contribution in [0, 0.1) is 0 Å². The molecule has 1 fully saturated rings. The number of hydrogen-bond acceptors (Lipinski definition) is 3. The molecule has 1 unspecified atom stereocenters. The maximum absolute atomic E-state index is 9.64. The summed E-state index contributed by atoms with van der Waals surface area (Å²) in [6.45, 7) is 0.747. The number of halogens is 1. The molecule has 0 radical (unpaired) electrons. The summed E-state index contributed by atoms with van der Waals surface area (Å²) in [7, 11) is 0. The highest BCUT2D eigenvalue weighted by Gasteiger charge is 2.14. The van der Waals surface area contributed by atoms with Crippen molar-refractivity contribution < 1.29 is 5.11 Å². The minimum atomic E-state index is 0.372. The molecule has 2 nitrogen and oxygen atoms in total. The van der Waals surface area contributed by atoms with Crippen molar-refractivity contribution >= 4 is 27.7 Å². The lowest BCUT2D eigenvalue weighted by atomic mass is 10.2.